The molecule has 0 bridgehead atoms. The molecule has 4 heteroatoms. The molecule has 1 aromatic rings. The summed E-state index contributed by atoms with van der Waals surface area (Å²) in [6.07, 6.45) is 4.73. The Morgan fingerprint density at radius 3 is 2.47 bits per heavy atom. The maximum Gasteiger partial charge on any atom is 0.226 e. The molecule has 15 heavy (non-hydrogen) atoms. The fraction of sp³-hybridized carbons (Fsp3) is 0.818. The summed E-state index contributed by atoms with van der Waals surface area (Å²) in [4.78, 5) is 4.36. The third-order valence-electron chi connectivity index (χ3n) is 2.92. The minimum absolute atomic E-state index is 0.423. The quantitative estimate of drug-likeness (QED) is 0.784. The van der Waals surface area contributed by atoms with Crippen LogP contribution in [0.5, 0.6) is 0 Å². The van der Waals surface area contributed by atoms with E-state index >= 15 is 0 Å². The van der Waals surface area contributed by atoms with E-state index < -0.39 is 5.54 Å². The highest BCUT2D eigenvalue weighted by Crippen LogP contribution is 2.22. The smallest absolute Gasteiger partial charge is 0.226 e. The van der Waals surface area contributed by atoms with Crippen LogP contribution in [0.1, 0.15) is 58.2 Å². The lowest BCUT2D eigenvalue weighted by Gasteiger charge is -2.21. The lowest BCUT2D eigenvalue weighted by molar-refractivity contribution is 0.334. The van der Waals surface area contributed by atoms with Gasteiger partial charge in [-0.05, 0) is 19.3 Å². The van der Waals surface area contributed by atoms with Crippen molar-refractivity contribution in [3.05, 3.63) is 11.7 Å². The maximum absolute atomic E-state index is 6.17. The van der Waals surface area contributed by atoms with Gasteiger partial charge in [0.05, 0.1) is 5.54 Å². The zero-order valence-electron chi connectivity index (χ0n) is 9.92. The molecule has 1 rings (SSSR count). The van der Waals surface area contributed by atoms with Crippen molar-refractivity contribution in [3.8, 4) is 0 Å². The van der Waals surface area contributed by atoms with Gasteiger partial charge in [0.15, 0.2) is 5.82 Å². The van der Waals surface area contributed by atoms with E-state index in [2.05, 4.69) is 17.1 Å². The van der Waals surface area contributed by atoms with E-state index in [9.17, 15) is 0 Å². The van der Waals surface area contributed by atoms with Crippen LogP contribution in [-0.4, -0.2) is 10.1 Å². The van der Waals surface area contributed by atoms with Crippen molar-refractivity contribution in [1.82, 2.24) is 10.1 Å². The van der Waals surface area contributed by atoms with Crippen LogP contribution < -0.4 is 5.73 Å². The summed E-state index contributed by atoms with van der Waals surface area (Å²) in [6, 6.07) is 0. The third-order valence-corrected chi connectivity index (χ3v) is 2.92. The Morgan fingerprint density at radius 1 is 1.27 bits per heavy atom. The van der Waals surface area contributed by atoms with E-state index in [1.54, 1.807) is 0 Å². The Kier molecular flexibility index (Phi) is 4.27. The zero-order valence-corrected chi connectivity index (χ0v) is 9.92. The van der Waals surface area contributed by atoms with Gasteiger partial charge >= 0.3 is 0 Å². The predicted molar refractivity (Wildman–Crippen MR) is 59.4 cm³/mol. The Balaban J connectivity index is 2.74. The monoisotopic (exact) mass is 211 g/mol. The van der Waals surface area contributed by atoms with Crippen molar-refractivity contribution in [2.24, 2.45) is 5.73 Å². The van der Waals surface area contributed by atoms with E-state index in [1.807, 2.05) is 13.8 Å². The number of hydrogen-bond donors (Lipinski definition) is 1. The molecular weight excluding hydrogens is 190 g/mol. The van der Waals surface area contributed by atoms with Gasteiger partial charge in [-0.15, -0.1) is 0 Å². The second kappa shape index (κ2) is 5.26. The Labute approximate surface area is 91.2 Å². The standard InChI is InChI=1S/C11H21N3O/c1-4-7-8-9-13-10(14-15-9)11(12,5-2)6-3/h4-8,12H2,1-3H3. The highest BCUT2D eigenvalue weighted by atomic mass is 16.5. The number of hydrogen-bond acceptors (Lipinski definition) is 4. The molecule has 2 N–H and O–H groups in total. The molecule has 0 aliphatic heterocycles. The van der Waals surface area contributed by atoms with Crippen molar-refractivity contribution < 1.29 is 4.52 Å². The van der Waals surface area contributed by atoms with Crippen LogP contribution in [0.4, 0.5) is 0 Å². The fourth-order valence-electron chi connectivity index (χ4n) is 1.45. The molecule has 0 atom stereocenters. The normalized spacial score (nSPS) is 12.0. The van der Waals surface area contributed by atoms with Gasteiger partial charge < -0.3 is 10.3 Å². The van der Waals surface area contributed by atoms with Crippen molar-refractivity contribution in [1.29, 1.82) is 0 Å². The molecule has 0 saturated carbocycles. The van der Waals surface area contributed by atoms with E-state index in [-0.39, 0.29) is 0 Å². The zero-order chi connectivity index (χ0) is 11.3. The number of aromatic nitrogens is 2. The fourth-order valence-corrected chi connectivity index (χ4v) is 1.45. The average Bonchev–Trinajstić information content (AvgIpc) is 2.74. The first-order valence-electron chi connectivity index (χ1n) is 5.78. The molecule has 0 aliphatic carbocycles. The number of rotatable bonds is 6. The minimum Gasteiger partial charge on any atom is -0.339 e. The first-order valence-corrected chi connectivity index (χ1v) is 5.78. The molecule has 1 heterocycles. The Bertz CT molecular complexity index is 292. The van der Waals surface area contributed by atoms with Crippen LogP contribution in [0, 0.1) is 0 Å². The van der Waals surface area contributed by atoms with Crippen molar-refractivity contribution >= 4 is 0 Å². The van der Waals surface area contributed by atoms with Crippen LogP contribution in [0.15, 0.2) is 4.52 Å². The van der Waals surface area contributed by atoms with Gasteiger partial charge in [0.25, 0.3) is 0 Å². The second-order valence-electron chi connectivity index (χ2n) is 3.98. The molecule has 0 radical (unpaired) electrons. The highest BCUT2D eigenvalue weighted by molar-refractivity contribution is 5.02. The second-order valence-corrected chi connectivity index (χ2v) is 3.98. The van der Waals surface area contributed by atoms with Gasteiger partial charge in [-0.1, -0.05) is 32.3 Å². The van der Waals surface area contributed by atoms with Crippen molar-refractivity contribution in [2.75, 3.05) is 0 Å². The van der Waals surface area contributed by atoms with Gasteiger partial charge in [-0.2, -0.15) is 4.98 Å². The molecule has 1 aromatic heterocycles. The molecule has 0 aromatic carbocycles. The number of unbranched alkanes of at least 4 members (excludes halogenated alkanes) is 1. The summed E-state index contributed by atoms with van der Waals surface area (Å²) in [7, 11) is 0. The number of nitrogens with two attached hydrogens (primary N) is 1. The van der Waals surface area contributed by atoms with Crippen LogP contribution in [0.2, 0.25) is 0 Å². The molecular formula is C11H21N3O. The van der Waals surface area contributed by atoms with Gasteiger partial charge in [-0.3, -0.25) is 0 Å². The molecule has 86 valence electrons. The third kappa shape index (κ3) is 2.78. The summed E-state index contributed by atoms with van der Waals surface area (Å²) in [5, 5.41) is 3.97. The van der Waals surface area contributed by atoms with E-state index in [0.29, 0.717) is 11.7 Å². The predicted octanol–water partition coefficient (Wildman–Crippen LogP) is 2.39. The topological polar surface area (TPSA) is 64.9 Å². The SMILES string of the molecule is CCCCc1nc(C(N)(CC)CC)no1. The summed E-state index contributed by atoms with van der Waals surface area (Å²) < 4.78 is 5.18. The van der Waals surface area contributed by atoms with Crippen LogP contribution in [0.25, 0.3) is 0 Å². The van der Waals surface area contributed by atoms with Crippen molar-refractivity contribution in [3.63, 3.8) is 0 Å². The molecule has 0 saturated heterocycles. The highest BCUT2D eigenvalue weighted by Gasteiger charge is 2.28. The molecule has 4 nitrogen and oxygen atoms in total. The average molecular weight is 211 g/mol. The van der Waals surface area contributed by atoms with E-state index in [0.717, 1.165) is 32.1 Å². The lowest BCUT2D eigenvalue weighted by Crippen LogP contribution is -2.36. The lowest BCUT2D eigenvalue weighted by atomic mass is 9.93. The number of nitrogens with zero attached hydrogens (tertiary/aromatic N) is 2. The molecule has 0 unspecified atom stereocenters. The number of aryl methyl sites for hydroxylation is 1. The molecule has 0 amide bonds. The van der Waals surface area contributed by atoms with Gasteiger partial charge in [-0.25, -0.2) is 0 Å². The summed E-state index contributed by atoms with van der Waals surface area (Å²) in [5.41, 5.74) is 5.75. The van der Waals surface area contributed by atoms with Gasteiger partial charge in [0.1, 0.15) is 0 Å². The Morgan fingerprint density at radius 2 is 1.93 bits per heavy atom. The van der Waals surface area contributed by atoms with E-state index in [4.69, 9.17) is 10.3 Å². The minimum atomic E-state index is -0.423. The van der Waals surface area contributed by atoms with Crippen LogP contribution in [-0.2, 0) is 12.0 Å². The Hall–Kier alpha value is -0.900. The van der Waals surface area contributed by atoms with Crippen LogP contribution >= 0.6 is 0 Å². The summed E-state index contributed by atoms with van der Waals surface area (Å²) in [6.45, 7) is 6.24. The molecule has 0 fully saturated rings. The molecule has 0 spiro atoms. The van der Waals surface area contributed by atoms with Gasteiger partial charge in [0, 0.05) is 6.42 Å². The maximum atomic E-state index is 6.17. The summed E-state index contributed by atoms with van der Waals surface area (Å²) in [5.74, 6) is 1.36. The van der Waals surface area contributed by atoms with Gasteiger partial charge in [0.2, 0.25) is 5.89 Å². The first-order chi connectivity index (χ1) is 7.16. The summed E-state index contributed by atoms with van der Waals surface area (Å²) >= 11 is 0. The largest absolute Gasteiger partial charge is 0.339 e. The molecule has 0 aliphatic rings. The van der Waals surface area contributed by atoms with E-state index in [1.165, 1.54) is 0 Å². The van der Waals surface area contributed by atoms with Crippen molar-refractivity contribution in [2.45, 2.75) is 58.4 Å². The van der Waals surface area contributed by atoms with Crippen LogP contribution in [0.3, 0.4) is 0 Å². The first kappa shape index (κ1) is 12.2.